The lowest BCUT2D eigenvalue weighted by Gasteiger charge is -2.35. The molecule has 2 amide bonds. The van der Waals surface area contributed by atoms with E-state index in [9.17, 15) is 9.59 Å². The van der Waals surface area contributed by atoms with Crippen molar-refractivity contribution in [1.82, 2.24) is 24.5 Å². The monoisotopic (exact) mass is 403 g/mol. The topological polar surface area (TPSA) is 61.7 Å². The molecule has 7 heteroatoms. The van der Waals surface area contributed by atoms with Crippen LogP contribution in [0.4, 0.5) is 0 Å². The number of amides is 2. The Morgan fingerprint density at radius 2 is 2.00 bits per heavy atom. The minimum Gasteiger partial charge on any atom is -0.348 e. The second-order valence-corrected chi connectivity index (χ2v) is 9.15. The van der Waals surface area contributed by atoms with E-state index in [-0.39, 0.29) is 23.7 Å². The van der Waals surface area contributed by atoms with E-state index in [1.165, 1.54) is 5.56 Å². The summed E-state index contributed by atoms with van der Waals surface area (Å²) in [6.07, 6.45) is 7.44. The Balaban J connectivity index is 1.83. The summed E-state index contributed by atoms with van der Waals surface area (Å²) in [5.74, 6) is 0.761. The fraction of sp³-hybridized carbons (Fsp3) is 0.773. The van der Waals surface area contributed by atoms with Crippen LogP contribution in [-0.2, 0) is 23.2 Å². The zero-order valence-corrected chi connectivity index (χ0v) is 18.7. The molecule has 0 aliphatic carbocycles. The van der Waals surface area contributed by atoms with Crippen LogP contribution in [0.2, 0.25) is 0 Å². The van der Waals surface area contributed by atoms with Gasteiger partial charge in [-0.1, -0.05) is 13.8 Å². The van der Waals surface area contributed by atoms with Gasteiger partial charge < -0.3 is 9.80 Å². The first-order valence-corrected chi connectivity index (χ1v) is 11.0. The molecule has 2 aliphatic heterocycles. The van der Waals surface area contributed by atoms with Crippen molar-refractivity contribution in [2.75, 3.05) is 40.3 Å². The number of hydrogen-bond acceptors (Lipinski definition) is 4. The highest BCUT2D eigenvalue weighted by Gasteiger charge is 2.53. The Labute approximate surface area is 175 Å². The normalized spacial score (nSPS) is 25.2. The molecule has 2 aliphatic rings. The lowest BCUT2D eigenvalue weighted by atomic mass is 9.74. The molecule has 29 heavy (non-hydrogen) atoms. The van der Waals surface area contributed by atoms with Crippen LogP contribution in [0, 0.1) is 17.3 Å². The van der Waals surface area contributed by atoms with Gasteiger partial charge >= 0.3 is 0 Å². The SMILES string of the molecule is CCC(CC)C(=O)N1CCC[C@@]2(C(=O)N(C)C)CN(Cc3cnn(C)c3)C[C@H]2C1. The first kappa shape index (κ1) is 21.8. The average Bonchev–Trinajstić information content (AvgIpc) is 3.19. The second-order valence-electron chi connectivity index (χ2n) is 9.15. The van der Waals surface area contributed by atoms with Crippen molar-refractivity contribution in [3.05, 3.63) is 18.0 Å². The summed E-state index contributed by atoms with van der Waals surface area (Å²) < 4.78 is 1.82. The number of carbonyl (C=O) groups excluding carboxylic acids is 2. The first-order valence-electron chi connectivity index (χ1n) is 11.0. The van der Waals surface area contributed by atoms with E-state index in [0.717, 1.165) is 51.9 Å². The van der Waals surface area contributed by atoms with E-state index in [0.29, 0.717) is 6.54 Å². The molecule has 2 atom stereocenters. The van der Waals surface area contributed by atoms with Crippen LogP contribution in [0.15, 0.2) is 12.4 Å². The predicted octanol–water partition coefficient (Wildman–Crippen LogP) is 1.99. The van der Waals surface area contributed by atoms with Crippen LogP contribution in [0.3, 0.4) is 0 Å². The molecule has 0 N–H and O–H groups in total. The third kappa shape index (κ3) is 4.34. The maximum atomic E-state index is 13.4. The summed E-state index contributed by atoms with van der Waals surface area (Å²) in [5, 5.41) is 4.28. The quantitative estimate of drug-likeness (QED) is 0.729. The first-order chi connectivity index (χ1) is 13.8. The van der Waals surface area contributed by atoms with Crippen molar-refractivity contribution in [3.63, 3.8) is 0 Å². The van der Waals surface area contributed by atoms with Gasteiger partial charge in [-0.25, -0.2) is 0 Å². The number of nitrogens with zero attached hydrogens (tertiary/aromatic N) is 5. The van der Waals surface area contributed by atoms with Gasteiger partial charge in [0.05, 0.1) is 11.6 Å². The molecular formula is C22H37N5O2. The van der Waals surface area contributed by atoms with Gasteiger partial charge in [0, 0.05) is 77.5 Å². The summed E-state index contributed by atoms with van der Waals surface area (Å²) in [6, 6.07) is 0. The smallest absolute Gasteiger partial charge is 0.229 e. The number of hydrogen-bond donors (Lipinski definition) is 0. The van der Waals surface area contributed by atoms with Crippen LogP contribution in [0.25, 0.3) is 0 Å². The number of aromatic nitrogens is 2. The van der Waals surface area contributed by atoms with Crippen LogP contribution in [0.1, 0.15) is 45.1 Å². The molecule has 0 saturated carbocycles. The lowest BCUT2D eigenvalue weighted by molar-refractivity contribution is -0.143. The molecule has 2 fully saturated rings. The Morgan fingerprint density at radius 3 is 2.59 bits per heavy atom. The number of likely N-dealkylation sites (tertiary alicyclic amines) is 2. The van der Waals surface area contributed by atoms with Gasteiger partial charge in [-0.2, -0.15) is 5.10 Å². The molecule has 0 unspecified atom stereocenters. The van der Waals surface area contributed by atoms with Crippen molar-refractivity contribution in [3.8, 4) is 0 Å². The summed E-state index contributed by atoms with van der Waals surface area (Å²) in [5.41, 5.74) is 0.774. The van der Waals surface area contributed by atoms with Gasteiger partial charge in [0.15, 0.2) is 0 Å². The maximum Gasteiger partial charge on any atom is 0.229 e. The molecule has 1 aromatic rings. The van der Waals surface area contributed by atoms with Crippen LogP contribution in [-0.4, -0.2) is 76.6 Å². The van der Waals surface area contributed by atoms with E-state index in [4.69, 9.17) is 0 Å². The predicted molar refractivity (Wildman–Crippen MR) is 113 cm³/mol. The standard InChI is InChI=1S/C22H37N5O2/c1-6-18(7-2)20(28)27-10-8-9-22(21(29)24(3)4)16-26(14-19(22)15-27)13-17-11-23-25(5)12-17/h11-12,18-19H,6-10,13-16H2,1-5H3/t19-,22+/m0/s1. The zero-order valence-electron chi connectivity index (χ0n) is 18.7. The molecule has 0 aromatic carbocycles. The van der Waals surface area contributed by atoms with Gasteiger partial charge in [0.1, 0.15) is 0 Å². The lowest BCUT2D eigenvalue weighted by Crippen LogP contribution is -2.48. The zero-order chi connectivity index (χ0) is 21.2. The maximum absolute atomic E-state index is 13.4. The molecule has 7 nitrogen and oxygen atoms in total. The number of aryl methyl sites for hydroxylation is 1. The third-order valence-corrected chi connectivity index (χ3v) is 6.90. The Hall–Kier alpha value is -1.89. The van der Waals surface area contributed by atoms with Crippen molar-refractivity contribution in [1.29, 1.82) is 0 Å². The summed E-state index contributed by atoms with van der Waals surface area (Å²) >= 11 is 0. The van der Waals surface area contributed by atoms with Gasteiger partial charge in [-0.05, 0) is 25.7 Å². The molecule has 0 radical (unpaired) electrons. The van der Waals surface area contributed by atoms with Crippen molar-refractivity contribution in [2.45, 2.75) is 46.1 Å². The molecule has 0 spiro atoms. The van der Waals surface area contributed by atoms with Gasteiger partial charge in [0.25, 0.3) is 0 Å². The molecule has 1 aromatic heterocycles. The fourth-order valence-corrected chi connectivity index (χ4v) is 5.36. The van der Waals surface area contributed by atoms with E-state index in [1.807, 2.05) is 38.2 Å². The van der Waals surface area contributed by atoms with Gasteiger partial charge in [-0.15, -0.1) is 0 Å². The number of rotatable bonds is 6. The largest absolute Gasteiger partial charge is 0.348 e. The fourth-order valence-electron chi connectivity index (χ4n) is 5.36. The Kier molecular flexibility index (Phi) is 6.66. The van der Waals surface area contributed by atoms with E-state index in [1.54, 1.807) is 4.90 Å². The summed E-state index contributed by atoms with van der Waals surface area (Å²) in [7, 11) is 5.64. The highest BCUT2D eigenvalue weighted by atomic mass is 16.2. The highest BCUT2D eigenvalue weighted by Crippen LogP contribution is 2.44. The molecule has 3 rings (SSSR count). The second kappa shape index (κ2) is 8.86. The van der Waals surface area contributed by atoms with Gasteiger partial charge in [-0.3, -0.25) is 19.2 Å². The van der Waals surface area contributed by atoms with Gasteiger partial charge in [0.2, 0.25) is 11.8 Å². The number of fused-ring (bicyclic) bond motifs is 1. The average molecular weight is 404 g/mol. The molecule has 2 saturated heterocycles. The highest BCUT2D eigenvalue weighted by molar-refractivity contribution is 5.84. The Bertz CT molecular complexity index is 727. The summed E-state index contributed by atoms with van der Waals surface area (Å²) in [4.78, 5) is 32.6. The Morgan fingerprint density at radius 1 is 1.28 bits per heavy atom. The van der Waals surface area contributed by atoms with Crippen LogP contribution in [0.5, 0.6) is 0 Å². The minimum atomic E-state index is -0.394. The molecule has 162 valence electrons. The molecular weight excluding hydrogens is 366 g/mol. The molecule has 0 bridgehead atoms. The van der Waals surface area contributed by atoms with E-state index in [2.05, 4.69) is 28.7 Å². The number of carbonyl (C=O) groups is 2. The van der Waals surface area contributed by atoms with E-state index >= 15 is 0 Å². The van der Waals surface area contributed by atoms with Crippen molar-refractivity contribution < 1.29 is 9.59 Å². The van der Waals surface area contributed by atoms with Crippen molar-refractivity contribution in [2.24, 2.45) is 24.3 Å². The van der Waals surface area contributed by atoms with Crippen molar-refractivity contribution >= 4 is 11.8 Å². The molecule has 3 heterocycles. The van der Waals surface area contributed by atoms with Crippen LogP contribution < -0.4 is 0 Å². The van der Waals surface area contributed by atoms with E-state index < -0.39 is 5.41 Å². The summed E-state index contributed by atoms with van der Waals surface area (Å²) in [6.45, 7) is 8.06. The minimum absolute atomic E-state index is 0.0972. The van der Waals surface area contributed by atoms with Crippen LogP contribution >= 0.6 is 0 Å². The third-order valence-electron chi connectivity index (χ3n) is 6.90.